The third-order valence-corrected chi connectivity index (χ3v) is 1.44. The molecule has 12 heavy (non-hydrogen) atoms. The van der Waals surface area contributed by atoms with Gasteiger partial charge in [0.15, 0.2) is 0 Å². The van der Waals surface area contributed by atoms with E-state index in [1.807, 2.05) is 13.0 Å². The first kappa shape index (κ1) is 15.0. The second kappa shape index (κ2) is 6.03. The van der Waals surface area contributed by atoms with E-state index in [9.17, 15) is 5.11 Å². The van der Waals surface area contributed by atoms with Crippen molar-refractivity contribution in [1.82, 2.24) is 0 Å². The van der Waals surface area contributed by atoms with Crippen LogP contribution in [0.2, 0.25) is 0 Å². The summed E-state index contributed by atoms with van der Waals surface area (Å²) in [5, 5.41) is 9.24. The second-order valence-corrected chi connectivity index (χ2v) is 2.42. The van der Waals surface area contributed by atoms with Crippen LogP contribution in [0.4, 0.5) is 0 Å². The third kappa shape index (κ3) is 3.48. The van der Waals surface area contributed by atoms with Gasteiger partial charge in [0.2, 0.25) is 0 Å². The Labute approximate surface area is 111 Å². The van der Waals surface area contributed by atoms with Gasteiger partial charge in [0.1, 0.15) is 0 Å². The number of phenolic OH excluding ortho intramolecular Hbond substituents is 1. The fourth-order valence-electron chi connectivity index (χ4n) is 0.934. The summed E-state index contributed by atoms with van der Waals surface area (Å²) in [6, 6.07) is 3.58. The van der Waals surface area contributed by atoms with Crippen molar-refractivity contribution in [2.75, 3.05) is 0 Å². The Balaban J connectivity index is 0. The minimum atomic E-state index is 0. The molecule has 0 aliphatic carbocycles. The van der Waals surface area contributed by atoms with Crippen LogP contribution in [0, 0.1) is 20.8 Å². The average molecular weight is 224 g/mol. The minimum absolute atomic E-state index is 0. The zero-order valence-corrected chi connectivity index (χ0v) is 10.8. The standard InChI is InChI=1S/C9H10O.2Sc/c1-6-4-7(2)9(10)8(3)5-6;;/h4-5,10H,1-2H2,3H3;;/q-2;;. The molecular formula is C9H10OSc2-2. The van der Waals surface area contributed by atoms with Gasteiger partial charge in [0, 0.05) is 57.4 Å². The maximum atomic E-state index is 9.24. The molecule has 1 aromatic carbocycles. The summed E-state index contributed by atoms with van der Waals surface area (Å²) in [6.45, 7) is 9.22. The van der Waals surface area contributed by atoms with Crippen molar-refractivity contribution >= 4 is 0 Å². The van der Waals surface area contributed by atoms with Gasteiger partial charge < -0.3 is 5.11 Å². The molecule has 0 heterocycles. The van der Waals surface area contributed by atoms with Crippen LogP contribution < -0.4 is 0 Å². The summed E-state index contributed by atoms with van der Waals surface area (Å²) in [5.74, 6) is 0.271. The van der Waals surface area contributed by atoms with E-state index < -0.39 is 0 Å². The number of aromatic hydroxyl groups is 1. The van der Waals surface area contributed by atoms with Crippen molar-refractivity contribution in [1.29, 1.82) is 0 Å². The normalized spacial score (nSPS) is 8.08. The molecule has 0 saturated heterocycles. The predicted octanol–water partition coefficient (Wildman–Crippen LogP) is 2.06. The Morgan fingerprint density at radius 2 is 1.67 bits per heavy atom. The van der Waals surface area contributed by atoms with E-state index >= 15 is 0 Å². The molecule has 0 spiro atoms. The fraction of sp³-hybridized carbons (Fsp3) is 0.111. The van der Waals surface area contributed by atoms with Crippen LogP contribution in [0.5, 0.6) is 5.75 Å². The molecule has 0 saturated carbocycles. The number of rotatable bonds is 0. The van der Waals surface area contributed by atoms with Gasteiger partial charge in [-0.1, -0.05) is 6.92 Å². The van der Waals surface area contributed by atoms with Gasteiger partial charge >= 0.3 is 0 Å². The topological polar surface area (TPSA) is 20.2 Å². The summed E-state index contributed by atoms with van der Waals surface area (Å²) in [7, 11) is 0. The molecule has 0 unspecified atom stereocenters. The van der Waals surface area contributed by atoms with Crippen LogP contribution in [0.15, 0.2) is 12.1 Å². The van der Waals surface area contributed by atoms with Crippen LogP contribution >= 0.6 is 0 Å². The summed E-state index contributed by atoms with van der Waals surface area (Å²) in [5.41, 5.74) is 2.36. The van der Waals surface area contributed by atoms with Crippen LogP contribution in [0.3, 0.4) is 0 Å². The predicted molar refractivity (Wildman–Crippen MR) is 41.8 cm³/mol. The number of phenols is 1. The smallest absolute Gasteiger partial charge is 0.00120 e. The number of hydrogen-bond donors (Lipinski definition) is 1. The van der Waals surface area contributed by atoms with Gasteiger partial charge in [-0.3, -0.25) is 0 Å². The Morgan fingerprint density at radius 1 is 1.17 bits per heavy atom. The van der Waals surface area contributed by atoms with Crippen LogP contribution in [-0.2, 0) is 51.7 Å². The molecule has 60 valence electrons. The van der Waals surface area contributed by atoms with E-state index in [0.717, 1.165) is 11.1 Å². The Kier molecular flexibility index (Phi) is 7.54. The average Bonchev–Trinajstić information content (AvgIpc) is 1.82. The largest absolute Gasteiger partial charge is 0.566 e. The second-order valence-electron chi connectivity index (χ2n) is 2.42. The van der Waals surface area contributed by atoms with Crippen molar-refractivity contribution in [3.8, 4) is 5.75 Å². The Morgan fingerprint density at radius 3 is 2.08 bits per heavy atom. The molecule has 0 bridgehead atoms. The van der Waals surface area contributed by atoms with Gasteiger partial charge in [-0.2, -0.15) is 37.1 Å². The van der Waals surface area contributed by atoms with Gasteiger partial charge in [-0.05, 0) is 0 Å². The van der Waals surface area contributed by atoms with Gasteiger partial charge in [-0.15, -0.1) is 5.56 Å². The van der Waals surface area contributed by atoms with Crippen LogP contribution in [-0.4, -0.2) is 5.11 Å². The Hall–Kier alpha value is 0.500. The number of benzene rings is 1. The summed E-state index contributed by atoms with van der Waals surface area (Å²) in [4.78, 5) is 0. The van der Waals surface area contributed by atoms with Gasteiger partial charge in [0.25, 0.3) is 0 Å². The quantitative estimate of drug-likeness (QED) is 0.668. The van der Waals surface area contributed by atoms with Gasteiger partial charge in [-0.25, -0.2) is 0 Å². The molecule has 0 amide bonds. The van der Waals surface area contributed by atoms with Crippen LogP contribution in [0.1, 0.15) is 16.7 Å². The summed E-state index contributed by atoms with van der Waals surface area (Å²) in [6.07, 6.45) is 0. The maximum absolute atomic E-state index is 9.24. The first-order valence-electron chi connectivity index (χ1n) is 3.09. The van der Waals surface area contributed by atoms with E-state index in [0.29, 0.717) is 5.56 Å². The van der Waals surface area contributed by atoms with Crippen molar-refractivity contribution in [3.05, 3.63) is 42.7 Å². The maximum Gasteiger partial charge on any atom is 0.00120 e. The monoisotopic (exact) mass is 224 g/mol. The number of aryl methyl sites for hydroxylation is 1. The molecule has 0 aliphatic rings. The first-order chi connectivity index (χ1) is 4.61. The third-order valence-electron chi connectivity index (χ3n) is 1.44. The Bertz CT molecular complexity index is 236. The van der Waals surface area contributed by atoms with E-state index in [-0.39, 0.29) is 57.4 Å². The number of hydrogen-bond acceptors (Lipinski definition) is 1. The van der Waals surface area contributed by atoms with Crippen molar-refractivity contribution in [2.24, 2.45) is 0 Å². The van der Waals surface area contributed by atoms with Crippen molar-refractivity contribution < 1.29 is 56.8 Å². The van der Waals surface area contributed by atoms with Gasteiger partial charge in [0.05, 0.1) is 0 Å². The SMILES string of the molecule is [CH2-]c1cc([CH2-])c(O)c(C)c1.[Sc].[Sc]. The van der Waals surface area contributed by atoms with Crippen molar-refractivity contribution in [2.45, 2.75) is 6.92 Å². The molecule has 1 nitrogen and oxygen atoms in total. The molecule has 1 N–H and O–H groups in total. The molecule has 0 atom stereocenters. The molecule has 0 aromatic heterocycles. The molecule has 1 rings (SSSR count). The van der Waals surface area contributed by atoms with E-state index in [2.05, 4.69) is 13.8 Å². The molecule has 2 radical (unpaired) electrons. The molecular weight excluding hydrogens is 214 g/mol. The van der Waals surface area contributed by atoms with E-state index in [1.54, 1.807) is 6.07 Å². The zero-order chi connectivity index (χ0) is 7.72. The fourth-order valence-corrected chi connectivity index (χ4v) is 0.934. The molecule has 0 fully saturated rings. The van der Waals surface area contributed by atoms with E-state index in [1.165, 1.54) is 0 Å². The summed E-state index contributed by atoms with van der Waals surface area (Å²) < 4.78 is 0. The van der Waals surface area contributed by atoms with E-state index in [4.69, 9.17) is 0 Å². The molecule has 0 aliphatic heterocycles. The molecule has 3 heteroatoms. The molecule has 1 aromatic rings. The van der Waals surface area contributed by atoms with Crippen molar-refractivity contribution in [3.63, 3.8) is 0 Å². The minimum Gasteiger partial charge on any atom is -0.566 e. The summed E-state index contributed by atoms with van der Waals surface area (Å²) >= 11 is 0. The first-order valence-corrected chi connectivity index (χ1v) is 3.09. The zero-order valence-electron chi connectivity index (χ0n) is 7.17. The van der Waals surface area contributed by atoms with Crippen LogP contribution in [0.25, 0.3) is 0 Å².